The number of hydrogen-bond acceptors (Lipinski definition) is 17. The van der Waals surface area contributed by atoms with Crippen molar-refractivity contribution in [1.82, 2.24) is 9.97 Å². The summed E-state index contributed by atoms with van der Waals surface area (Å²) in [6.45, 7) is -1.69. The van der Waals surface area contributed by atoms with E-state index in [0.717, 1.165) is 0 Å². The van der Waals surface area contributed by atoms with E-state index in [4.69, 9.17) is 30.0 Å². The number of nitrogens with zero attached hydrogens (tertiary/aromatic N) is 4. The Morgan fingerprint density at radius 3 is 2.34 bits per heavy atom. The number of pyridine rings is 1. The van der Waals surface area contributed by atoms with Crippen LogP contribution >= 0.6 is 15.6 Å². The average molecular weight is 666 g/mol. The van der Waals surface area contributed by atoms with Crippen LogP contribution in [0.5, 0.6) is 0 Å². The quantitative estimate of drug-likeness (QED) is 0.0835. The van der Waals surface area contributed by atoms with Crippen LogP contribution in [0, 0.1) is 0 Å². The largest absolute Gasteiger partial charge is 0.481 e. The molecule has 0 aliphatic carbocycles. The molecule has 23 heteroatoms. The molecule has 0 bridgehead atoms. The number of carbonyl (C=O) groups excluding carboxylic acids is 1. The Balaban J connectivity index is 1.14. The number of nitrogens with two attached hydrogens (primary N) is 2. The summed E-state index contributed by atoms with van der Waals surface area (Å²) in [5.41, 5.74) is 11.5. The first-order chi connectivity index (χ1) is 20.7. The van der Waals surface area contributed by atoms with Crippen LogP contribution in [0.4, 0.5) is 17.3 Å². The van der Waals surface area contributed by atoms with Gasteiger partial charge in [0.2, 0.25) is 0 Å². The average Bonchev–Trinajstić information content (AvgIpc) is 3.61. The number of amides is 1. The van der Waals surface area contributed by atoms with Crippen molar-refractivity contribution >= 4 is 38.9 Å². The number of nitrogens with one attached hydrogen (secondary N) is 1. The summed E-state index contributed by atoms with van der Waals surface area (Å²) in [6.07, 6.45) is -7.80. The minimum Gasteiger partial charge on any atom is -0.387 e. The molecule has 5 rings (SSSR count). The van der Waals surface area contributed by atoms with Crippen molar-refractivity contribution in [1.29, 1.82) is 0 Å². The Kier molecular flexibility index (Phi) is 9.23. The number of hydrogen-bond donors (Lipinski definition) is 9. The van der Waals surface area contributed by atoms with E-state index in [2.05, 4.69) is 19.6 Å². The van der Waals surface area contributed by atoms with E-state index in [-0.39, 0.29) is 23.9 Å². The lowest BCUT2D eigenvalue weighted by Gasteiger charge is -2.26. The van der Waals surface area contributed by atoms with Gasteiger partial charge < -0.3 is 61.4 Å². The van der Waals surface area contributed by atoms with Gasteiger partial charge in [-0.1, -0.05) is 0 Å². The number of primary amides is 1. The van der Waals surface area contributed by atoms with Gasteiger partial charge in [0.25, 0.3) is 12.1 Å². The summed E-state index contributed by atoms with van der Waals surface area (Å²) < 4.78 is 50.9. The molecular weight excluding hydrogens is 636 g/mol. The number of aliphatic hydroxyl groups is 4. The maximum atomic E-state index is 12.4. The van der Waals surface area contributed by atoms with Crippen molar-refractivity contribution in [3.63, 3.8) is 0 Å². The second kappa shape index (κ2) is 12.5. The molecule has 0 aromatic carbocycles. The summed E-state index contributed by atoms with van der Waals surface area (Å²) in [4.78, 5) is 40.8. The molecule has 44 heavy (non-hydrogen) atoms. The molecule has 2 aromatic rings. The molecule has 11 N–H and O–H groups in total. The van der Waals surface area contributed by atoms with Gasteiger partial charge in [0, 0.05) is 6.07 Å². The molecule has 0 radical (unpaired) electrons. The molecule has 21 nitrogen and oxygen atoms in total. The van der Waals surface area contributed by atoms with Crippen LogP contribution < -0.4 is 26.3 Å². The Labute approximate surface area is 247 Å². The van der Waals surface area contributed by atoms with Gasteiger partial charge in [0.1, 0.15) is 48.1 Å². The Hall–Kier alpha value is -2.88. The standard InChI is InChI=1S/C21H29N7O14P2/c22-17-12-19(25-7-24-17)28(8-26-12)21-16(32)14(30)11(41-21)6-39-44(36,37)42-43(34,35)38-5-10-13(29)15(31)20(40-10)27-3-1-2-9(4-27)18(23)33/h1-4,7,10-11,13-16,20-21,26,29-32H,5-6,8H2,(H5-,22,23,24,25,33,34,35,36,37)/p+1/t10?,11-,13-,14-,15-,16-,20-,21-/m1/s1. The number of phosphoric ester groups is 2. The van der Waals surface area contributed by atoms with E-state index in [1.54, 1.807) is 0 Å². The molecular formula is C21H30N7O14P2+. The van der Waals surface area contributed by atoms with Crippen LogP contribution in [0.15, 0.2) is 30.9 Å². The molecule has 0 saturated carbocycles. The normalized spacial score (nSPS) is 32.5. The lowest BCUT2D eigenvalue weighted by Crippen LogP contribution is -2.46. The minimum absolute atomic E-state index is 0.0719. The summed E-state index contributed by atoms with van der Waals surface area (Å²) >= 11 is 0. The molecule has 5 heterocycles. The van der Waals surface area contributed by atoms with Crippen molar-refractivity contribution in [2.24, 2.45) is 5.73 Å². The van der Waals surface area contributed by atoms with E-state index in [9.17, 15) is 44.1 Å². The van der Waals surface area contributed by atoms with Crippen LogP contribution in [0.2, 0.25) is 0 Å². The van der Waals surface area contributed by atoms with Gasteiger partial charge in [-0.3, -0.25) is 13.8 Å². The molecule has 2 saturated heterocycles. The fourth-order valence-corrected chi connectivity index (χ4v) is 6.86. The second-order valence-electron chi connectivity index (χ2n) is 9.87. The van der Waals surface area contributed by atoms with Gasteiger partial charge >= 0.3 is 15.6 Å². The highest BCUT2D eigenvalue weighted by Crippen LogP contribution is 2.60. The van der Waals surface area contributed by atoms with Gasteiger partial charge in [-0.2, -0.15) is 8.88 Å². The fraction of sp³-hybridized carbons (Fsp3) is 0.524. The van der Waals surface area contributed by atoms with Crippen molar-refractivity contribution in [3.8, 4) is 0 Å². The van der Waals surface area contributed by atoms with Crippen molar-refractivity contribution in [2.45, 2.75) is 49.1 Å². The first-order valence-electron chi connectivity index (χ1n) is 12.8. The number of carbonyl (C=O) groups is 1. The Morgan fingerprint density at radius 1 is 1.05 bits per heavy atom. The Bertz CT molecular complexity index is 1490. The number of rotatable bonds is 11. The molecule has 3 unspecified atom stereocenters. The number of fused-ring (bicyclic) bond motifs is 1. The maximum absolute atomic E-state index is 12.4. The summed E-state index contributed by atoms with van der Waals surface area (Å²) in [5, 5.41) is 44.6. The predicted octanol–water partition coefficient (Wildman–Crippen LogP) is -3.35. The topological polar surface area (TPSA) is 316 Å². The number of nitrogen functional groups attached to an aromatic ring is 1. The highest BCUT2D eigenvalue weighted by molar-refractivity contribution is 7.61. The summed E-state index contributed by atoms with van der Waals surface area (Å²) in [5.74, 6) is -0.349. The minimum atomic E-state index is -5.36. The number of ether oxygens (including phenoxy) is 2. The van der Waals surface area contributed by atoms with Gasteiger partial charge in [-0.15, -0.1) is 0 Å². The summed E-state index contributed by atoms with van der Waals surface area (Å²) in [7, 11) is -10.7. The van der Waals surface area contributed by atoms with E-state index in [1.165, 1.54) is 40.3 Å². The van der Waals surface area contributed by atoms with Crippen LogP contribution in [-0.2, 0) is 32.0 Å². The monoisotopic (exact) mass is 666 g/mol. The fourth-order valence-electron chi connectivity index (χ4n) is 4.77. The number of phosphoric acid groups is 2. The van der Waals surface area contributed by atoms with Crippen molar-refractivity contribution < 1.29 is 71.5 Å². The van der Waals surface area contributed by atoms with E-state index in [0.29, 0.717) is 5.69 Å². The van der Waals surface area contributed by atoms with Crippen LogP contribution in [0.3, 0.4) is 0 Å². The molecule has 1 amide bonds. The highest BCUT2D eigenvalue weighted by Gasteiger charge is 2.51. The van der Waals surface area contributed by atoms with Crippen molar-refractivity contribution in [2.75, 3.05) is 35.8 Å². The molecule has 3 aliphatic heterocycles. The second-order valence-corrected chi connectivity index (χ2v) is 12.9. The Morgan fingerprint density at radius 2 is 1.68 bits per heavy atom. The van der Waals surface area contributed by atoms with Gasteiger partial charge in [0.05, 0.1) is 19.9 Å². The maximum Gasteiger partial charge on any atom is 0.481 e. The third-order valence-electron chi connectivity index (χ3n) is 6.95. The third-order valence-corrected chi connectivity index (χ3v) is 9.55. The first kappa shape index (κ1) is 32.5. The lowest BCUT2D eigenvalue weighted by atomic mass is 10.1. The zero-order chi connectivity index (χ0) is 32.0. The van der Waals surface area contributed by atoms with Gasteiger partial charge in [0.15, 0.2) is 36.4 Å². The predicted molar refractivity (Wildman–Crippen MR) is 142 cm³/mol. The zero-order valence-corrected chi connectivity index (χ0v) is 24.2. The van der Waals surface area contributed by atoms with E-state index < -0.39 is 83.8 Å². The molecule has 10 atom stereocenters. The first-order valence-corrected chi connectivity index (χ1v) is 15.8. The van der Waals surface area contributed by atoms with E-state index in [1.807, 2.05) is 0 Å². The van der Waals surface area contributed by atoms with Gasteiger partial charge in [-0.25, -0.2) is 19.1 Å². The molecule has 0 spiro atoms. The third kappa shape index (κ3) is 6.70. The number of aromatic nitrogens is 3. The lowest BCUT2D eigenvalue weighted by molar-refractivity contribution is -0.765. The van der Waals surface area contributed by atoms with Crippen LogP contribution in [0.25, 0.3) is 0 Å². The smallest absolute Gasteiger partial charge is 0.387 e. The van der Waals surface area contributed by atoms with Gasteiger partial charge in [-0.05, 0) is 6.07 Å². The van der Waals surface area contributed by atoms with Crippen molar-refractivity contribution in [3.05, 3.63) is 36.4 Å². The zero-order valence-electron chi connectivity index (χ0n) is 22.4. The number of aliphatic hydroxyl groups excluding tert-OH is 4. The van der Waals surface area contributed by atoms with Crippen LogP contribution in [0.1, 0.15) is 16.6 Å². The molecule has 3 aliphatic rings. The number of anilines is 3. The summed E-state index contributed by atoms with van der Waals surface area (Å²) in [6, 6.07) is 2.84. The molecule has 2 aromatic heterocycles. The highest BCUT2D eigenvalue weighted by atomic mass is 31.3. The van der Waals surface area contributed by atoms with E-state index >= 15 is 0 Å². The SMILES string of the molecule is NC(=O)c1ccc[n+]([C@@H]2OC(COP(=O)(O)OP(=O)(O)OC[C@H]3O[C@@H](N4CNc5c(N)ncnc54)[C@H](O)[C@@H]3O)[C@@H](O)[C@H]2O)c1. The molecule has 2 fully saturated rings. The van der Waals surface area contributed by atoms with Crippen LogP contribution in [-0.4, -0.2) is 109 Å². The molecule has 242 valence electrons.